The van der Waals surface area contributed by atoms with Gasteiger partial charge in [0, 0.05) is 17.4 Å². The number of nitrogens with one attached hydrogen (secondary N) is 1. The largest absolute Gasteiger partial charge is 0.398 e. The van der Waals surface area contributed by atoms with Gasteiger partial charge in [0.1, 0.15) is 0 Å². The first-order chi connectivity index (χ1) is 8.02. The van der Waals surface area contributed by atoms with E-state index < -0.39 is 0 Å². The molecule has 0 aliphatic heterocycles. The van der Waals surface area contributed by atoms with Crippen LogP contribution in [0.25, 0.3) is 0 Å². The summed E-state index contributed by atoms with van der Waals surface area (Å²) < 4.78 is 0. The summed E-state index contributed by atoms with van der Waals surface area (Å²) in [6, 6.07) is 7.83. The highest BCUT2D eigenvalue weighted by Crippen LogP contribution is 2.19. The monoisotopic (exact) mass is 233 g/mol. The average Bonchev–Trinajstić information content (AvgIpc) is 2.22. The van der Waals surface area contributed by atoms with Crippen LogP contribution in [-0.2, 0) is 6.42 Å². The minimum atomic E-state index is -0.329. The Balaban J connectivity index is 2.72. The van der Waals surface area contributed by atoms with Gasteiger partial charge in [0.05, 0.1) is 18.6 Å². The second-order valence-corrected chi connectivity index (χ2v) is 4.38. The van der Waals surface area contributed by atoms with E-state index in [9.17, 15) is 5.11 Å². The maximum atomic E-state index is 9.28. The average molecular weight is 233 g/mol. The third-order valence-electron chi connectivity index (χ3n) is 2.52. The van der Waals surface area contributed by atoms with Crippen LogP contribution in [0, 0.1) is 11.3 Å². The van der Waals surface area contributed by atoms with Gasteiger partial charge >= 0.3 is 0 Å². The molecule has 0 radical (unpaired) electrons. The van der Waals surface area contributed by atoms with Crippen molar-refractivity contribution >= 4 is 11.4 Å². The first-order valence-electron chi connectivity index (χ1n) is 5.73. The Hall–Kier alpha value is -1.73. The highest BCUT2D eigenvalue weighted by molar-refractivity contribution is 5.58. The van der Waals surface area contributed by atoms with E-state index in [1.807, 2.05) is 19.1 Å². The molecule has 1 aromatic rings. The van der Waals surface area contributed by atoms with Gasteiger partial charge in [-0.3, -0.25) is 0 Å². The van der Waals surface area contributed by atoms with Gasteiger partial charge in [-0.1, -0.05) is 0 Å². The zero-order valence-electron chi connectivity index (χ0n) is 10.3. The molecule has 0 aliphatic rings. The van der Waals surface area contributed by atoms with E-state index in [0.717, 1.165) is 11.3 Å². The molecule has 0 fully saturated rings. The lowest BCUT2D eigenvalue weighted by atomic mass is 10.1. The van der Waals surface area contributed by atoms with Gasteiger partial charge < -0.3 is 16.2 Å². The van der Waals surface area contributed by atoms with Gasteiger partial charge in [0.15, 0.2) is 0 Å². The molecule has 0 saturated heterocycles. The molecule has 4 nitrogen and oxygen atoms in total. The van der Waals surface area contributed by atoms with Gasteiger partial charge in [-0.15, -0.1) is 0 Å². The first kappa shape index (κ1) is 13.3. The molecule has 0 bridgehead atoms. The fourth-order valence-electron chi connectivity index (χ4n) is 1.79. The number of anilines is 2. The van der Waals surface area contributed by atoms with Crippen LogP contribution in [0.1, 0.15) is 25.8 Å². The van der Waals surface area contributed by atoms with Gasteiger partial charge in [-0.05, 0) is 44.0 Å². The molecular weight excluding hydrogens is 214 g/mol. The van der Waals surface area contributed by atoms with E-state index in [1.165, 1.54) is 0 Å². The number of benzene rings is 1. The zero-order valence-corrected chi connectivity index (χ0v) is 10.3. The van der Waals surface area contributed by atoms with Crippen molar-refractivity contribution < 1.29 is 5.11 Å². The van der Waals surface area contributed by atoms with E-state index in [4.69, 9.17) is 11.0 Å². The number of hydrogen-bond acceptors (Lipinski definition) is 4. The van der Waals surface area contributed by atoms with Crippen LogP contribution in [0.4, 0.5) is 11.4 Å². The molecule has 2 unspecified atom stereocenters. The summed E-state index contributed by atoms with van der Waals surface area (Å²) in [7, 11) is 0. The van der Waals surface area contributed by atoms with Crippen LogP contribution >= 0.6 is 0 Å². The molecule has 92 valence electrons. The van der Waals surface area contributed by atoms with Gasteiger partial charge in [-0.25, -0.2) is 0 Å². The lowest BCUT2D eigenvalue weighted by Gasteiger charge is -2.17. The predicted molar refractivity (Wildman–Crippen MR) is 69.6 cm³/mol. The number of nitrogens with zero attached hydrogens (tertiary/aromatic N) is 1. The van der Waals surface area contributed by atoms with Crippen LogP contribution in [0.2, 0.25) is 0 Å². The Morgan fingerprint density at radius 1 is 1.47 bits per heavy atom. The van der Waals surface area contributed by atoms with Crippen molar-refractivity contribution in [2.24, 2.45) is 0 Å². The molecule has 1 aromatic carbocycles. The summed E-state index contributed by atoms with van der Waals surface area (Å²) in [5, 5.41) is 21.2. The molecule has 0 aromatic heterocycles. The number of nitrogens with two attached hydrogens (primary N) is 1. The van der Waals surface area contributed by atoms with Crippen molar-refractivity contribution in [3.05, 3.63) is 23.8 Å². The zero-order chi connectivity index (χ0) is 12.8. The highest BCUT2D eigenvalue weighted by atomic mass is 16.3. The van der Waals surface area contributed by atoms with Gasteiger partial charge in [0.2, 0.25) is 0 Å². The maximum absolute atomic E-state index is 9.28. The molecule has 4 heteroatoms. The molecule has 1 rings (SSSR count). The number of aliphatic hydroxyl groups is 1. The van der Waals surface area contributed by atoms with E-state index in [0.29, 0.717) is 18.5 Å². The van der Waals surface area contributed by atoms with Crippen molar-refractivity contribution in [3.8, 4) is 6.07 Å². The summed E-state index contributed by atoms with van der Waals surface area (Å²) in [5.41, 5.74) is 8.17. The Labute approximate surface area is 102 Å². The molecule has 0 aliphatic carbocycles. The van der Waals surface area contributed by atoms with Gasteiger partial charge in [-0.2, -0.15) is 5.26 Å². The Bertz CT molecular complexity index is 410. The second-order valence-electron chi connectivity index (χ2n) is 4.38. The normalized spacial score (nSPS) is 13.8. The maximum Gasteiger partial charge on any atom is 0.0670 e. The van der Waals surface area contributed by atoms with Crippen molar-refractivity contribution in [2.45, 2.75) is 38.8 Å². The number of nitriles is 1. The van der Waals surface area contributed by atoms with E-state index in [1.54, 1.807) is 13.0 Å². The molecule has 2 atom stereocenters. The topological polar surface area (TPSA) is 82.1 Å². The smallest absolute Gasteiger partial charge is 0.0670 e. The molecule has 4 N–H and O–H groups in total. The summed E-state index contributed by atoms with van der Waals surface area (Å²) in [6.07, 6.45) is 0.661. The highest BCUT2D eigenvalue weighted by Gasteiger charge is 2.07. The molecule has 0 saturated carbocycles. The Morgan fingerprint density at radius 2 is 2.18 bits per heavy atom. The minimum Gasteiger partial charge on any atom is -0.398 e. The quantitative estimate of drug-likeness (QED) is 0.678. The van der Waals surface area contributed by atoms with Crippen LogP contribution in [0.3, 0.4) is 0 Å². The number of rotatable bonds is 5. The van der Waals surface area contributed by atoms with Crippen molar-refractivity contribution in [3.63, 3.8) is 0 Å². The first-order valence-corrected chi connectivity index (χ1v) is 5.73. The van der Waals surface area contributed by atoms with Gasteiger partial charge in [0.25, 0.3) is 0 Å². The van der Waals surface area contributed by atoms with Crippen molar-refractivity contribution in [2.75, 3.05) is 11.1 Å². The Morgan fingerprint density at radius 3 is 2.76 bits per heavy atom. The summed E-state index contributed by atoms with van der Waals surface area (Å²) in [4.78, 5) is 0. The fraction of sp³-hybridized carbons (Fsp3) is 0.462. The molecular formula is C13H19N3O. The number of aliphatic hydroxyl groups excluding tert-OH is 1. The SMILES string of the molecule is CC(O)CC(C)Nc1ccc(N)c(CC#N)c1. The summed E-state index contributed by atoms with van der Waals surface area (Å²) in [5.74, 6) is 0. The van der Waals surface area contributed by atoms with Crippen molar-refractivity contribution in [1.29, 1.82) is 5.26 Å². The van der Waals surface area contributed by atoms with E-state index >= 15 is 0 Å². The van der Waals surface area contributed by atoms with E-state index in [2.05, 4.69) is 11.4 Å². The second kappa shape index (κ2) is 6.12. The van der Waals surface area contributed by atoms with Crippen LogP contribution in [0.5, 0.6) is 0 Å². The number of hydrogen-bond donors (Lipinski definition) is 3. The summed E-state index contributed by atoms with van der Waals surface area (Å²) in [6.45, 7) is 3.77. The lowest BCUT2D eigenvalue weighted by molar-refractivity contribution is 0.179. The molecule has 0 amide bonds. The standard InChI is InChI=1S/C13H19N3O/c1-9(7-10(2)17)16-12-3-4-13(15)11(8-12)5-6-14/h3-4,8-10,16-17H,5,7,15H2,1-2H3. The lowest BCUT2D eigenvalue weighted by Crippen LogP contribution is -2.20. The third kappa shape index (κ3) is 4.33. The van der Waals surface area contributed by atoms with Crippen LogP contribution in [-0.4, -0.2) is 17.3 Å². The fourth-order valence-corrected chi connectivity index (χ4v) is 1.79. The third-order valence-corrected chi connectivity index (χ3v) is 2.52. The van der Waals surface area contributed by atoms with Crippen molar-refractivity contribution in [1.82, 2.24) is 0 Å². The Kier molecular flexibility index (Phi) is 4.80. The van der Waals surface area contributed by atoms with Crippen LogP contribution in [0.15, 0.2) is 18.2 Å². The van der Waals surface area contributed by atoms with Crippen LogP contribution < -0.4 is 11.1 Å². The summed E-state index contributed by atoms with van der Waals surface area (Å²) >= 11 is 0. The molecule has 0 heterocycles. The molecule has 17 heavy (non-hydrogen) atoms. The minimum absolute atomic E-state index is 0.175. The number of nitrogen functional groups attached to an aromatic ring is 1. The predicted octanol–water partition coefficient (Wildman–Crippen LogP) is 1.91. The van der Waals surface area contributed by atoms with E-state index in [-0.39, 0.29) is 12.1 Å². The molecule has 0 spiro atoms.